The quantitative estimate of drug-likeness (QED) is 0.893. The molecule has 0 saturated carbocycles. The molecule has 0 radical (unpaired) electrons. The summed E-state index contributed by atoms with van der Waals surface area (Å²) >= 11 is 0. The fourth-order valence-electron chi connectivity index (χ4n) is 2.26. The number of hydrogen-bond donors (Lipinski definition) is 1. The molecule has 0 amide bonds. The van der Waals surface area contributed by atoms with Crippen molar-refractivity contribution in [2.75, 3.05) is 18.5 Å². The van der Waals surface area contributed by atoms with Gasteiger partial charge in [0.2, 0.25) is 0 Å². The Labute approximate surface area is 108 Å². The van der Waals surface area contributed by atoms with E-state index in [-0.39, 0.29) is 6.04 Å². The summed E-state index contributed by atoms with van der Waals surface area (Å²) in [7, 11) is 4.00. The van der Waals surface area contributed by atoms with E-state index in [9.17, 15) is 0 Å². The third-order valence-corrected chi connectivity index (χ3v) is 3.30. The van der Waals surface area contributed by atoms with E-state index in [4.69, 9.17) is 5.73 Å². The lowest BCUT2D eigenvalue weighted by Gasteiger charge is -2.29. The Hall–Kier alpha value is -1.81. The van der Waals surface area contributed by atoms with Crippen LogP contribution in [0, 0.1) is 6.92 Å². The first-order valence-electron chi connectivity index (χ1n) is 6.10. The zero-order valence-corrected chi connectivity index (χ0v) is 11.2. The van der Waals surface area contributed by atoms with Crippen molar-refractivity contribution in [3.05, 3.63) is 47.8 Å². The number of nitrogens with two attached hydrogens (primary N) is 1. The number of rotatable bonds is 4. The number of anilines is 1. The smallest absolute Gasteiger partial charge is 0.0692 e. The molecule has 96 valence electrons. The molecule has 0 bridgehead atoms. The lowest BCUT2D eigenvalue weighted by Crippen LogP contribution is -2.30. The van der Waals surface area contributed by atoms with Gasteiger partial charge in [0.25, 0.3) is 0 Å². The zero-order chi connectivity index (χ0) is 13.1. The Bertz CT molecular complexity index is 518. The Balaban J connectivity index is 2.31. The molecule has 0 spiro atoms. The summed E-state index contributed by atoms with van der Waals surface area (Å²) in [6.07, 6.45) is 3.90. The molecule has 0 aliphatic heterocycles. The molecule has 0 aliphatic carbocycles. The van der Waals surface area contributed by atoms with Gasteiger partial charge in [-0.25, -0.2) is 0 Å². The highest BCUT2D eigenvalue weighted by molar-refractivity contribution is 5.54. The van der Waals surface area contributed by atoms with Gasteiger partial charge in [0.05, 0.1) is 12.2 Å². The Morgan fingerprint density at radius 1 is 1.39 bits per heavy atom. The molecule has 2 aromatic rings. The predicted molar refractivity (Wildman–Crippen MR) is 74.6 cm³/mol. The van der Waals surface area contributed by atoms with Crippen molar-refractivity contribution >= 4 is 5.69 Å². The van der Waals surface area contributed by atoms with Crippen LogP contribution in [0.1, 0.15) is 17.2 Å². The van der Waals surface area contributed by atoms with Crippen molar-refractivity contribution in [3.63, 3.8) is 0 Å². The molecule has 1 unspecified atom stereocenters. The van der Waals surface area contributed by atoms with Crippen molar-refractivity contribution in [2.45, 2.75) is 13.0 Å². The number of benzene rings is 1. The van der Waals surface area contributed by atoms with E-state index in [1.165, 1.54) is 11.3 Å². The fourth-order valence-corrected chi connectivity index (χ4v) is 2.26. The van der Waals surface area contributed by atoms with Gasteiger partial charge in [0.1, 0.15) is 0 Å². The molecule has 0 saturated heterocycles. The average molecular weight is 244 g/mol. The van der Waals surface area contributed by atoms with Crippen LogP contribution in [0.2, 0.25) is 0 Å². The van der Waals surface area contributed by atoms with Gasteiger partial charge in [-0.15, -0.1) is 0 Å². The molecule has 1 aromatic heterocycles. The normalized spacial score (nSPS) is 12.4. The standard InChI is InChI=1S/C14H20N4/c1-11-6-4-5-7-13(11)18(3)14(8-15)12-9-16-17(2)10-12/h4-7,9-10,14H,8,15H2,1-3H3. The number of aromatic nitrogens is 2. The van der Waals surface area contributed by atoms with Crippen LogP contribution in [0.15, 0.2) is 36.7 Å². The summed E-state index contributed by atoms with van der Waals surface area (Å²) in [4.78, 5) is 2.21. The van der Waals surface area contributed by atoms with Gasteiger partial charge in [-0.1, -0.05) is 18.2 Å². The molecule has 2 N–H and O–H groups in total. The molecule has 4 heteroatoms. The van der Waals surface area contributed by atoms with Gasteiger partial charge in [-0.05, 0) is 18.6 Å². The van der Waals surface area contributed by atoms with Gasteiger partial charge < -0.3 is 10.6 Å². The van der Waals surface area contributed by atoms with Crippen LogP contribution in [0.5, 0.6) is 0 Å². The minimum Gasteiger partial charge on any atom is -0.366 e. The van der Waals surface area contributed by atoms with Crippen molar-refractivity contribution in [3.8, 4) is 0 Å². The van der Waals surface area contributed by atoms with Crippen LogP contribution in [-0.2, 0) is 7.05 Å². The van der Waals surface area contributed by atoms with E-state index >= 15 is 0 Å². The molecule has 4 nitrogen and oxygen atoms in total. The van der Waals surface area contributed by atoms with E-state index in [2.05, 4.69) is 42.2 Å². The first kappa shape index (κ1) is 12.6. The van der Waals surface area contributed by atoms with Crippen molar-refractivity contribution in [1.29, 1.82) is 0 Å². The van der Waals surface area contributed by atoms with Crippen molar-refractivity contribution in [2.24, 2.45) is 12.8 Å². The molecule has 0 aliphatic rings. The number of hydrogen-bond acceptors (Lipinski definition) is 3. The third-order valence-electron chi connectivity index (χ3n) is 3.30. The highest BCUT2D eigenvalue weighted by Gasteiger charge is 2.18. The van der Waals surface area contributed by atoms with E-state index in [1.54, 1.807) is 0 Å². The van der Waals surface area contributed by atoms with E-state index < -0.39 is 0 Å². The maximum atomic E-state index is 5.92. The maximum Gasteiger partial charge on any atom is 0.0692 e. The Morgan fingerprint density at radius 3 is 2.67 bits per heavy atom. The van der Waals surface area contributed by atoms with Crippen LogP contribution < -0.4 is 10.6 Å². The van der Waals surface area contributed by atoms with E-state index in [0.717, 1.165) is 5.56 Å². The second kappa shape index (κ2) is 5.23. The van der Waals surface area contributed by atoms with Gasteiger partial charge in [0, 0.05) is 38.1 Å². The van der Waals surface area contributed by atoms with Gasteiger partial charge in [0.15, 0.2) is 0 Å². The fraction of sp³-hybridized carbons (Fsp3) is 0.357. The topological polar surface area (TPSA) is 47.1 Å². The van der Waals surface area contributed by atoms with Crippen LogP contribution in [0.3, 0.4) is 0 Å². The molecule has 18 heavy (non-hydrogen) atoms. The maximum absolute atomic E-state index is 5.92. The number of nitrogens with zero attached hydrogens (tertiary/aromatic N) is 3. The molecular weight excluding hydrogens is 224 g/mol. The second-order valence-corrected chi connectivity index (χ2v) is 4.60. The van der Waals surface area contributed by atoms with E-state index in [1.807, 2.05) is 30.2 Å². The van der Waals surface area contributed by atoms with Gasteiger partial charge in [-0.2, -0.15) is 5.10 Å². The Kier molecular flexibility index (Phi) is 3.67. The summed E-state index contributed by atoms with van der Waals surface area (Å²) in [6, 6.07) is 8.49. The van der Waals surface area contributed by atoms with Crippen LogP contribution in [0.4, 0.5) is 5.69 Å². The van der Waals surface area contributed by atoms with Gasteiger partial charge >= 0.3 is 0 Å². The summed E-state index contributed by atoms with van der Waals surface area (Å²) in [5, 5.41) is 4.22. The summed E-state index contributed by atoms with van der Waals surface area (Å²) in [5.41, 5.74) is 9.53. The minimum atomic E-state index is 0.153. The highest BCUT2D eigenvalue weighted by Crippen LogP contribution is 2.26. The van der Waals surface area contributed by atoms with Crippen LogP contribution in [0.25, 0.3) is 0 Å². The third kappa shape index (κ3) is 2.38. The molecular formula is C14H20N4. The minimum absolute atomic E-state index is 0.153. The lowest BCUT2D eigenvalue weighted by molar-refractivity contribution is 0.677. The number of para-hydroxylation sites is 1. The molecule has 1 heterocycles. The summed E-state index contributed by atoms with van der Waals surface area (Å²) in [6.45, 7) is 2.68. The first-order valence-corrected chi connectivity index (χ1v) is 6.10. The second-order valence-electron chi connectivity index (χ2n) is 4.60. The zero-order valence-electron chi connectivity index (χ0n) is 11.2. The van der Waals surface area contributed by atoms with Crippen LogP contribution in [-0.4, -0.2) is 23.4 Å². The summed E-state index contributed by atoms with van der Waals surface area (Å²) in [5.74, 6) is 0. The van der Waals surface area contributed by atoms with Gasteiger partial charge in [-0.3, -0.25) is 4.68 Å². The Morgan fingerprint density at radius 2 is 2.11 bits per heavy atom. The number of aryl methyl sites for hydroxylation is 2. The molecule has 1 atom stereocenters. The monoisotopic (exact) mass is 244 g/mol. The molecule has 2 rings (SSSR count). The molecule has 0 fully saturated rings. The highest BCUT2D eigenvalue weighted by atomic mass is 15.2. The SMILES string of the molecule is Cc1ccccc1N(C)C(CN)c1cnn(C)c1. The number of likely N-dealkylation sites (N-methyl/N-ethyl adjacent to an activating group) is 1. The van der Waals surface area contributed by atoms with E-state index in [0.29, 0.717) is 6.54 Å². The van der Waals surface area contributed by atoms with Crippen molar-refractivity contribution in [1.82, 2.24) is 9.78 Å². The van der Waals surface area contributed by atoms with Crippen LogP contribution >= 0.6 is 0 Å². The summed E-state index contributed by atoms with van der Waals surface area (Å²) < 4.78 is 1.81. The largest absolute Gasteiger partial charge is 0.366 e. The predicted octanol–water partition coefficient (Wildman–Crippen LogP) is 1.86. The average Bonchev–Trinajstić information content (AvgIpc) is 2.77. The lowest BCUT2D eigenvalue weighted by atomic mass is 10.1. The van der Waals surface area contributed by atoms with Crippen molar-refractivity contribution < 1.29 is 0 Å². The molecule has 1 aromatic carbocycles. The first-order chi connectivity index (χ1) is 8.63.